The molecule has 1 N–H and O–H groups in total. The fraction of sp³-hybridized carbons (Fsp3) is 0.130. The summed E-state index contributed by atoms with van der Waals surface area (Å²) in [5.41, 5.74) is 2.92. The molecule has 0 spiro atoms. The molecule has 5 heterocycles. The van der Waals surface area contributed by atoms with Gasteiger partial charge in [0.2, 0.25) is 0 Å². The molecule has 1 aliphatic heterocycles. The minimum Gasteiger partial charge on any atom is -0.352 e. The van der Waals surface area contributed by atoms with Crippen molar-refractivity contribution in [2.45, 2.75) is 18.6 Å². The van der Waals surface area contributed by atoms with Crippen molar-refractivity contribution in [3.8, 4) is 5.82 Å². The highest BCUT2D eigenvalue weighted by atomic mass is 35.5. The monoisotopic (exact) mass is 446 g/mol. The van der Waals surface area contributed by atoms with Crippen molar-refractivity contribution >= 4 is 28.9 Å². The highest BCUT2D eigenvalue weighted by Gasteiger charge is 2.41. The van der Waals surface area contributed by atoms with E-state index in [4.69, 9.17) is 23.8 Å². The smallest absolute Gasteiger partial charge is 0.170 e. The molecule has 1 saturated heterocycles. The van der Waals surface area contributed by atoms with Gasteiger partial charge in [0.05, 0.1) is 35.0 Å². The molecule has 0 aliphatic carbocycles. The van der Waals surface area contributed by atoms with Gasteiger partial charge in [0.1, 0.15) is 5.82 Å². The first-order valence-electron chi connectivity index (χ1n) is 9.88. The molecule has 4 aromatic heterocycles. The van der Waals surface area contributed by atoms with Gasteiger partial charge in [-0.15, -0.1) is 0 Å². The van der Waals surface area contributed by atoms with E-state index in [1.54, 1.807) is 18.6 Å². The molecule has 154 valence electrons. The second-order valence-corrected chi connectivity index (χ2v) is 8.04. The second kappa shape index (κ2) is 8.45. The van der Waals surface area contributed by atoms with Crippen LogP contribution in [0.1, 0.15) is 29.2 Å². The maximum Gasteiger partial charge on any atom is 0.170 e. The first-order chi connectivity index (χ1) is 15.2. The summed E-state index contributed by atoms with van der Waals surface area (Å²) < 4.78 is 2.07. The maximum atomic E-state index is 6.05. The van der Waals surface area contributed by atoms with E-state index in [2.05, 4.69) is 35.8 Å². The molecular formula is C23H19ClN6S. The summed E-state index contributed by atoms with van der Waals surface area (Å²) in [7, 11) is 0. The van der Waals surface area contributed by atoms with Gasteiger partial charge in [0.15, 0.2) is 5.11 Å². The van der Waals surface area contributed by atoms with Gasteiger partial charge < -0.3 is 14.8 Å². The van der Waals surface area contributed by atoms with Crippen LogP contribution < -0.4 is 5.32 Å². The summed E-state index contributed by atoms with van der Waals surface area (Å²) in [5, 5.41) is 4.75. The quantitative estimate of drug-likeness (QED) is 0.456. The summed E-state index contributed by atoms with van der Waals surface area (Å²) >= 11 is 11.8. The van der Waals surface area contributed by atoms with E-state index >= 15 is 0 Å². The predicted molar refractivity (Wildman–Crippen MR) is 124 cm³/mol. The third-order valence-corrected chi connectivity index (χ3v) is 5.87. The Hall–Kier alpha value is -3.29. The first-order valence-corrected chi connectivity index (χ1v) is 10.7. The highest BCUT2D eigenvalue weighted by molar-refractivity contribution is 7.80. The van der Waals surface area contributed by atoms with Crippen LogP contribution in [0.2, 0.25) is 5.02 Å². The molecule has 5 rings (SSSR count). The number of pyridine rings is 3. The molecule has 4 aromatic rings. The van der Waals surface area contributed by atoms with Crippen molar-refractivity contribution in [1.29, 1.82) is 0 Å². The summed E-state index contributed by atoms with van der Waals surface area (Å²) in [5.74, 6) is 0.791. The summed E-state index contributed by atoms with van der Waals surface area (Å²) in [4.78, 5) is 15.8. The fourth-order valence-corrected chi connectivity index (χ4v) is 4.33. The third kappa shape index (κ3) is 3.89. The minimum atomic E-state index is -0.113. The van der Waals surface area contributed by atoms with Gasteiger partial charge in [0, 0.05) is 30.5 Å². The number of aromatic nitrogens is 4. The van der Waals surface area contributed by atoms with Crippen LogP contribution in [0, 0.1) is 0 Å². The Kier molecular flexibility index (Phi) is 5.36. The Labute approximate surface area is 190 Å². The number of thiocarbonyl (C=S) groups is 1. The molecule has 8 heteroatoms. The Bertz CT molecular complexity index is 1180. The van der Waals surface area contributed by atoms with Crippen molar-refractivity contribution in [1.82, 2.24) is 29.7 Å². The highest BCUT2D eigenvalue weighted by Crippen LogP contribution is 2.40. The largest absolute Gasteiger partial charge is 0.352 e. The van der Waals surface area contributed by atoms with E-state index in [0.717, 1.165) is 22.9 Å². The van der Waals surface area contributed by atoms with Crippen molar-refractivity contribution < 1.29 is 0 Å². The Morgan fingerprint density at radius 2 is 1.77 bits per heavy atom. The van der Waals surface area contributed by atoms with E-state index in [0.29, 0.717) is 16.7 Å². The molecule has 0 saturated carbocycles. The van der Waals surface area contributed by atoms with Crippen LogP contribution in [0.25, 0.3) is 5.82 Å². The average molecular weight is 447 g/mol. The zero-order valence-corrected chi connectivity index (χ0v) is 18.0. The van der Waals surface area contributed by atoms with Crippen molar-refractivity contribution in [2.75, 3.05) is 0 Å². The van der Waals surface area contributed by atoms with E-state index in [-0.39, 0.29) is 12.1 Å². The number of nitrogens with zero attached hydrogens (tertiary/aromatic N) is 5. The number of rotatable bonds is 5. The summed E-state index contributed by atoms with van der Waals surface area (Å²) in [6, 6.07) is 19.5. The number of hydrogen-bond acceptors (Lipinski definition) is 4. The number of halogens is 1. The lowest BCUT2D eigenvalue weighted by Crippen LogP contribution is -2.30. The molecule has 1 fully saturated rings. The van der Waals surface area contributed by atoms with Gasteiger partial charge in [-0.2, -0.15) is 0 Å². The van der Waals surface area contributed by atoms with Gasteiger partial charge >= 0.3 is 0 Å². The minimum absolute atomic E-state index is 0.100. The molecule has 31 heavy (non-hydrogen) atoms. The van der Waals surface area contributed by atoms with Crippen LogP contribution in [-0.2, 0) is 6.54 Å². The normalized spacial score (nSPS) is 18.2. The van der Waals surface area contributed by atoms with E-state index in [9.17, 15) is 0 Å². The molecule has 0 radical (unpaired) electrons. The lowest BCUT2D eigenvalue weighted by atomic mass is 10.0. The summed E-state index contributed by atoms with van der Waals surface area (Å²) in [6.45, 7) is 0.583. The van der Waals surface area contributed by atoms with Crippen LogP contribution in [0.5, 0.6) is 0 Å². The van der Waals surface area contributed by atoms with Crippen molar-refractivity contribution in [3.05, 3.63) is 108 Å². The predicted octanol–water partition coefficient (Wildman–Crippen LogP) is 4.49. The fourth-order valence-electron chi connectivity index (χ4n) is 3.92. The zero-order chi connectivity index (χ0) is 21.2. The van der Waals surface area contributed by atoms with Crippen LogP contribution in [0.15, 0.2) is 85.5 Å². The average Bonchev–Trinajstić information content (AvgIpc) is 3.40. The lowest BCUT2D eigenvalue weighted by Gasteiger charge is -2.28. The maximum absolute atomic E-state index is 6.05. The van der Waals surface area contributed by atoms with Crippen molar-refractivity contribution in [2.24, 2.45) is 0 Å². The van der Waals surface area contributed by atoms with Gasteiger partial charge in [0.25, 0.3) is 0 Å². The van der Waals surface area contributed by atoms with Crippen LogP contribution in [0.3, 0.4) is 0 Å². The standard InChI is InChI=1S/C23H19ClN6S/c24-16-9-10-20(27-14-16)29-13-5-8-19(29)22-21(18-7-2-4-12-26-18)28-23(31)30(22)15-17-6-1-3-11-25-17/h1-14,21-22H,15H2,(H,28,31)/t21-,22-/m1/s1. The van der Waals surface area contributed by atoms with Gasteiger partial charge in [-0.25, -0.2) is 4.98 Å². The van der Waals surface area contributed by atoms with Gasteiger partial charge in [-0.3, -0.25) is 9.97 Å². The van der Waals surface area contributed by atoms with Crippen molar-refractivity contribution in [3.63, 3.8) is 0 Å². The Morgan fingerprint density at radius 1 is 0.935 bits per heavy atom. The molecular weight excluding hydrogens is 428 g/mol. The Morgan fingerprint density at radius 3 is 2.48 bits per heavy atom. The first kappa shape index (κ1) is 19.7. The molecule has 0 unspecified atom stereocenters. The molecule has 1 aliphatic rings. The van der Waals surface area contributed by atoms with Crippen LogP contribution >= 0.6 is 23.8 Å². The van der Waals surface area contributed by atoms with E-state index in [1.165, 1.54) is 0 Å². The van der Waals surface area contributed by atoms with Gasteiger partial charge in [-0.05, 0) is 60.7 Å². The van der Waals surface area contributed by atoms with Crippen LogP contribution in [-0.4, -0.2) is 29.5 Å². The topological polar surface area (TPSA) is 58.9 Å². The molecule has 0 amide bonds. The van der Waals surface area contributed by atoms with Gasteiger partial charge in [-0.1, -0.05) is 23.7 Å². The lowest BCUT2D eigenvalue weighted by molar-refractivity contribution is 0.299. The van der Waals surface area contributed by atoms with E-state index in [1.807, 2.05) is 60.8 Å². The van der Waals surface area contributed by atoms with Crippen LogP contribution in [0.4, 0.5) is 0 Å². The number of nitrogens with one attached hydrogen (secondary N) is 1. The molecule has 2 atom stereocenters. The molecule has 0 aromatic carbocycles. The zero-order valence-electron chi connectivity index (χ0n) is 16.5. The number of hydrogen-bond donors (Lipinski definition) is 1. The SMILES string of the molecule is S=C1N[C@H](c2ccccn2)[C@@H](c2cccn2-c2ccc(Cl)cn2)N1Cc1ccccn1. The third-order valence-electron chi connectivity index (χ3n) is 5.30. The van der Waals surface area contributed by atoms with E-state index < -0.39 is 0 Å². The molecule has 6 nitrogen and oxygen atoms in total. The Balaban J connectivity index is 1.60. The summed E-state index contributed by atoms with van der Waals surface area (Å²) in [6.07, 6.45) is 7.26. The molecule has 0 bridgehead atoms. The second-order valence-electron chi connectivity index (χ2n) is 7.21.